The Morgan fingerprint density at radius 2 is 1.71 bits per heavy atom. The Balaban J connectivity index is 1.48. The molecule has 1 fully saturated rings. The first-order valence-corrected chi connectivity index (χ1v) is 12.2. The van der Waals surface area contributed by atoms with Crippen LogP contribution in [0, 0.1) is 5.92 Å². The van der Waals surface area contributed by atoms with Gasteiger partial charge in [0.05, 0.1) is 10.5 Å². The van der Waals surface area contributed by atoms with E-state index in [2.05, 4.69) is 10.6 Å². The van der Waals surface area contributed by atoms with Crippen LogP contribution in [-0.2, 0) is 32.3 Å². The summed E-state index contributed by atoms with van der Waals surface area (Å²) in [5.41, 5.74) is -0.519. The van der Waals surface area contributed by atoms with Crippen LogP contribution in [0.3, 0.4) is 0 Å². The first-order chi connectivity index (χ1) is 16.0. The molecule has 2 N–H and O–H groups in total. The van der Waals surface area contributed by atoms with Gasteiger partial charge in [-0.15, -0.1) is 0 Å². The summed E-state index contributed by atoms with van der Waals surface area (Å²) in [5, 5.41) is 5.13. The van der Waals surface area contributed by atoms with Gasteiger partial charge in [-0.25, -0.2) is 8.42 Å². The number of rotatable bonds is 7. The maximum Gasteiger partial charge on any atom is 0.416 e. The highest BCUT2D eigenvalue weighted by Gasteiger charge is 2.33. The van der Waals surface area contributed by atoms with Crippen molar-refractivity contribution < 1.29 is 31.2 Å². The fourth-order valence-corrected chi connectivity index (χ4v) is 5.19. The third kappa shape index (κ3) is 6.35. The van der Waals surface area contributed by atoms with Crippen molar-refractivity contribution in [3.8, 4) is 0 Å². The zero-order valence-electron chi connectivity index (χ0n) is 18.5. The van der Waals surface area contributed by atoms with Gasteiger partial charge in [0.25, 0.3) is 0 Å². The SMILES string of the molecule is C[C@@H](NC(=O)C1CCN(S(=O)(=O)c2ccccc2)CC1)C(=O)NCc1cccc(C(F)(F)F)c1. The quantitative estimate of drug-likeness (QED) is 0.615. The number of hydrogen-bond acceptors (Lipinski definition) is 4. The third-order valence-electron chi connectivity index (χ3n) is 5.68. The number of halogens is 3. The van der Waals surface area contributed by atoms with Gasteiger partial charge in [-0.2, -0.15) is 17.5 Å². The molecular weight excluding hydrogens is 471 g/mol. The van der Waals surface area contributed by atoms with Gasteiger partial charge >= 0.3 is 6.18 Å². The van der Waals surface area contributed by atoms with Crippen molar-refractivity contribution >= 4 is 21.8 Å². The van der Waals surface area contributed by atoms with Gasteiger partial charge in [0.1, 0.15) is 6.04 Å². The maximum atomic E-state index is 12.8. The molecule has 0 aliphatic carbocycles. The first kappa shape index (κ1) is 25.7. The Labute approximate surface area is 196 Å². The van der Waals surface area contributed by atoms with Gasteiger partial charge in [0.15, 0.2) is 0 Å². The highest BCUT2D eigenvalue weighted by Crippen LogP contribution is 2.29. The van der Waals surface area contributed by atoms with E-state index in [9.17, 15) is 31.2 Å². The lowest BCUT2D eigenvalue weighted by molar-refractivity contribution is -0.137. The van der Waals surface area contributed by atoms with Crippen LogP contribution in [-0.4, -0.2) is 43.7 Å². The smallest absolute Gasteiger partial charge is 0.350 e. The number of hydrogen-bond donors (Lipinski definition) is 2. The first-order valence-electron chi connectivity index (χ1n) is 10.8. The van der Waals surface area contributed by atoms with Crippen molar-refractivity contribution in [2.45, 2.75) is 43.4 Å². The number of carbonyl (C=O) groups is 2. The molecule has 34 heavy (non-hydrogen) atoms. The number of carbonyl (C=O) groups excluding carboxylic acids is 2. The molecule has 2 aromatic carbocycles. The molecule has 0 saturated carbocycles. The van der Waals surface area contributed by atoms with E-state index >= 15 is 0 Å². The van der Waals surface area contributed by atoms with Crippen LogP contribution in [0.15, 0.2) is 59.5 Å². The number of nitrogens with one attached hydrogen (secondary N) is 2. The maximum absolute atomic E-state index is 12.8. The molecule has 3 rings (SSSR count). The topological polar surface area (TPSA) is 95.6 Å². The van der Waals surface area contributed by atoms with Gasteiger partial charge in [-0.1, -0.05) is 30.3 Å². The van der Waals surface area contributed by atoms with Crippen LogP contribution in [0.2, 0.25) is 0 Å². The van der Waals surface area contributed by atoms with Crippen LogP contribution >= 0.6 is 0 Å². The monoisotopic (exact) mass is 497 g/mol. The van der Waals surface area contributed by atoms with Crippen LogP contribution in [0.5, 0.6) is 0 Å². The van der Waals surface area contributed by atoms with E-state index in [0.29, 0.717) is 12.8 Å². The second-order valence-corrected chi connectivity index (χ2v) is 10.1. The molecule has 0 spiro atoms. The van der Waals surface area contributed by atoms with E-state index in [1.165, 1.54) is 35.5 Å². The predicted molar refractivity (Wildman–Crippen MR) is 119 cm³/mol. The van der Waals surface area contributed by atoms with E-state index in [-0.39, 0.29) is 36.0 Å². The summed E-state index contributed by atoms with van der Waals surface area (Å²) in [7, 11) is -3.63. The van der Waals surface area contributed by atoms with Crippen LogP contribution in [0.1, 0.15) is 30.9 Å². The normalized spacial score (nSPS) is 16.6. The molecule has 184 valence electrons. The van der Waals surface area contributed by atoms with E-state index in [1.807, 2.05) is 0 Å². The van der Waals surface area contributed by atoms with Gasteiger partial charge in [0, 0.05) is 25.6 Å². The van der Waals surface area contributed by atoms with Gasteiger partial charge in [0.2, 0.25) is 21.8 Å². The number of alkyl halides is 3. The molecule has 1 atom stereocenters. The summed E-state index contributed by atoms with van der Waals surface area (Å²) >= 11 is 0. The van der Waals surface area contributed by atoms with Crippen molar-refractivity contribution in [1.82, 2.24) is 14.9 Å². The van der Waals surface area contributed by atoms with Crippen LogP contribution < -0.4 is 10.6 Å². The van der Waals surface area contributed by atoms with Crippen molar-refractivity contribution in [3.63, 3.8) is 0 Å². The minimum absolute atomic E-state index is 0.112. The van der Waals surface area contributed by atoms with E-state index < -0.39 is 39.6 Å². The van der Waals surface area contributed by atoms with E-state index in [4.69, 9.17) is 0 Å². The third-order valence-corrected chi connectivity index (χ3v) is 7.59. The highest BCUT2D eigenvalue weighted by atomic mass is 32.2. The molecule has 11 heteroatoms. The molecule has 7 nitrogen and oxygen atoms in total. The molecule has 0 aromatic heterocycles. The lowest BCUT2D eigenvalue weighted by Gasteiger charge is -2.31. The van der Waals surface area contributed by atoms with Gasteiger partial charge in [-0.05, 0) is 49.6 Å². The molecule has 0 unspecified atom stereocenters. The van der Waals surface area contributed by atoms with Crippen LogP contribution in [0.4, 0.5) is 13.2 Å². The minimum atomic E-state index is -4.47. The zero-order valence-corrected chi connectivity index (χ0v) is 19.3. The lowest BCUT2D eigenvalue weighted by Crippen LogP contribution is -2.49. The molecule has 2 aromatic rings. The average Bonchev–Trinajstić information content (AvgIpc) is 2.82. The molecule has 0 radical (unpaired) electrons. The molecular formula is C23H26F3N3O4S. The number of benzene rings is 2. The number of sulfonamides is 1. The molecule has 1 aliphatic rings. The number of piperidine rings is 1. The van der Waals surface area contributed by atoms with Crippen molar-refractivity contribution in [2.75, 3.05) is 13.1 Å². The summed E-state index contributed by atoms with van der Waals surface area (Å²) in [6, 6.07) is 11.8. The number of nitrogens with zero attached hydrogens (tertiary/aromatic N) is 1. The Kier molecular flexibility index (Phi) is 7.98. The molecule has 0 bridgehead atoms. The minimum Gasteiger partial charge on any atom is -0.350 e. The molecule has 1 aliphatic heterocycles. The standard InChI is InChI=1S/C23H26F3N3O4S/c1-16(21(30)27-15-17-6-5-7-19(14-17)23(24,25)26)28-22(31)18-10-12-29(13-11-18)34(32,33)20-8-3-2-4-9-20/h2-9,14,16,18H,10-13,15H2,1H3,(H,27,30)(H,28,31)/t16-/m1/s1. The average molecular weight is 498 g/mol. The van der Waals surface area contributed by atoms with E-state index in [1.54, 1.807) is 18.2 Å². The van der Waals surface area contributed by atoms with Crippen molar-refractivity contribution in [3.05, 3.63) is 65.7 Å². The summed E-state index contributed by atoms with van der Waals surface area (Å²) in [5.74, 6) is -1.34. The lowest BCUT2D eigenvalue weighted by atomic mass is 9.97. The predicted octanol–water partition coefficient (Wildman–Crippen LogP) is 2.93. The summed E-state index contributed by atoms with van der Waals surface area (Å²) in [6.45, 7) is 1.74. The molecule has 2 amide bonds. The highest BCUT2D eigenvalue weighted by molar-refractivity contribution is 7.89. The van der Waals surface area contributed by atoms with Gasteiger partial charge < -0.3 is 10.6 Å². The Morgan fingerprint density at radius 1 is 1.06 bits per heavy atom. The van der Waals surface area contributed by atoms with Crippen molar-refractivity contribution in [2.24, 2.45) is 5.92 Å². The summed E-state index contributed by atoms with van der Waals surface area (Å²) < 4.78 is 65.2. The van der Waals surface area contributed by atoms with E-state index in [0.717, 1.165) is 12.1 Å². The van der Waals surface area contributed by atoms with Crippen molar-refractivity contribution in [1.29, 1.82) is 0 Å². The Bertz CT molecular complexity index is 1120. The van der Waals surface area contributed by atoms with Crippen LogP contribution in [0.25, 0.3) is 0 Å². The molecule has 1 heterocycles. The second-order valence-electron chi connectivity index (χ2n) is 8.14. The molecule has 1 saturated heterocycles. The number of amides is 2. The second kappa shape index (κ2) is 10.6. The fraction of sp³-hybridized carbons (Fsp3) is 0.391. The summed E-state index contributed by atoms with van der Waals surface area (Å²) in [6.07, 6.45) is -3.84. The van der Waals surface area contributed by atoms with Gasteiger partial charge in [-0.3, -0.25) is 9.59 Å². The fourth-order valence-electron chi connectivity index (χ4n) is 3.70. The summed E-state index contributed by atoms with van der Waals surface area (Å²) in [4.78, 5) is 25.1. The Hall–Kier alpha value is -2.92. The largest absolute Gasteiger partial charge is 0.416 e. The zero-order chi connectivity index (χ0) is 24.9. The Morgan fingerprint density at radius 3 is 2.32 bits per heavy atom.